The number of aryl methyl sites for hydroxylation is 2. The van der Waals surface area contributed by atoms with Gasteiger partial charge in [-0.05, 0) is 56.2 Å². The van der Waals surface area contributed by atoms with E-state index in [1.54, 1.807) is 19.1 Å². The number of benzene rings is 2. The number of rotatable bonds is 7. The maximum Gasteiger partial charge on any atom is 0.310 e. The Morgan fingerprint density at radius 2 is 1.79 bits per heavy atom. The molecule has 1 aromatic heterocycles. The van der Waals surface area contributed by atoms with Crippen LogP contribution in [0, 0.1) is 19.7 Å². The topological polar surface area (TPSA) is 61.6 Å². The van der Waals surface area contributed by atoms with Crippen LogP contribution < -0.4 is 4.74 Å². The van der Waals surface area contributed by atoms with Gasteiger partial charge in [0.2, 0.25) is 0 Å². The maximum absolute atomic E-state index is 13.0. The van der Waals surface area contributed by atoms with Crippen LogP contribution in [0.15, 0.2) is 53.1 Å². The first-order valence-corrected chi connectivity index (χ1v) is 9.01. The van der Waals surface area contributed by atoms with Crippen molar-refractivity contribution in [2.45, 2.75) is 39.9 Å². The van der Waals surface area contributed by atoms with Crippen molar-refractivity contribution in [2.24, 2.45) is 0 Å². The highest BCUT2D eigenvalue weighted by molar-refractivity contribution is 5.72. The molecule has 3 aromatic rings. The van der Waals surface area contributed by atoms with Crippen LogP contribution in [0.25, 0.3) is 0 Å². The van der Waals surface area contributed by atoms with Crippen LogP contribution in [0.5, 0.6) is 5.75 Å². The molecule has 28 heavy (non-hydrogen) atoms. The summed E-state index contributed by atoms with van der Waals surface area (Å²) >= 11 is 0. The van der Waals surface area contributed by atoms with Gasteiger partial charge in [-0.25, -0.2) is 4.39 Å². The number of nitrogens with zero attached hydrogens (tertiary/aromatic N) is 1. The molecule has 0 aliphatic heterocycles. The first-order valence-electron chi connectivity index (χ1n) is 9.01. The smallest absolute Gasteiger partial charge is 0.310 e. The van der Waals surface area contributed by atoms with E-state index in [1.165, 1.54) is 12.1 Å². The van der Waals surface area contributed by atoms with Gasteiger partial charge in [0, 0.05) is 0 Å². The van der Waals surface area contributed by atoms with Crippen molar-refractivity contribution in [3.05, 3.63) is 82.5 Å². The van der Waals surface area contributed by atoms with Crippen molar-refractivity contribution in [3.8, 4) is 5.75 Å². The molecule has 0 N–H and O–H groups in total. The van der Waals surface area contributed by atoms with Crippen molar-refractivity contribution in [1.29, 1.82) is 0 Å². The predicted octanol–water partition coefficient (Wildman–Crippen LogP) is 4.86. The highest BCUT2D eigenvalue weighted by Crippen LogP contribution is 2.20. The van der Waals surface area contributed by atoms with Gasteiger partial charge >= 0.3 is 5.97 Å². The molecule has 0 saturated carbocycles. The fourth-order valence-corrected chi connectivity index (χ4v) is 2.77. The molecule has 0 saturated heterocycles. The molecule has 6 heteroatoms. The van der Waals surface area contributed by atoms with Crippen LogP contribution in [0.4, 0.5) is 4.39 Å². The Bertz CT molecular complexity index is 913. The third-order valence-corrected chi connectivity index (χ3v) is 4.48. The van der Waals surface area contributed by atoms with Gasteiger partial charge in [0.15, 0.2) is 0 Å². The highest BCUT2D eigenvalue weighted by Gasteiger charge is 2.13. The highest BCUT2D eigenvalue weighted by atomic mass is 19.1. The number of halogens is 1. The number of carbonyl (C=O) groups is 1. The Hall–Kier alpha value is -3.15. The SMILES string of the molecule is Cc1noc(C)c1COc1ccc(CC(=O)O[C@@H](C)c2ccc(F)cc2)cc1. The fourth-order valence-electron chi connectivity index (χ4n) is 2.77. The van der Waals surface area contributed by atoms with E-state index < -0.39 is 6.10 Å². The summed E-state index contributed by atoms with van der Waals surface area (Å²) in [7, 11) is 0. The number of hydrogen-bond donors (Lipinski definition) is 0. The molecular formula is C22H22FNO4. The second-order valence-corrected chi connectivity index (χ2v) is 6.60. The molecular weight excluding hydrogens is 361 g/mol. The average molecular weight is 383 g/mol. The van der Waals surface area contributed by atoms with Gasteiger partial charge in [-0.1, -0.05) is 29.4 Å². The zero-order valence-electron chi connectivity index (χ0n) is 16.1. The molecule has 146 valence electrons. The first kappa shape index (κ1) is 19.6. The lowest BCUT2D eigenvalue weighted by Crippen LogP contribution is -2.11. The summed E-state index contributed by atoms with van der Waals surface area (Å²) < 4.78 is 29.3. The molecule has 0 aliphatic carbocycles. The molecule has 0 bridgehead atoms. The van der Waals surface area contributed by atoms with Gasteiger partial charge in [-0.15, -0.1) is 0 Å². The number of carbonyl (C=O) groups excluding carboxylic acids is 1. The molecule has 5 nitrogen and oxygen atoms in total. The summed E-state index contributed by atoms with van der Waals surface area (Å²) in [5.41, 5.74) is 3.31. The van der Waals surface area contributed by atoms with E-state index >= 15 is 0 Å². The minimum absolute atomic E-state index is 0.148. The van der Waals surface area contributed by atoms with Crippen LogP contribution in [-0.4, -0.2) is 11.1 Å². The summed E-state index contributed by atoms with van der Waals surface area (Å²) in [5.74, 6) is 0.768. The van der Waals surface area contributed by atoms with Crippen molar-refractivity contribution in [1.82, 2.24) is 5.16 Å². The van der Waals surface area contributed by atoms with E-state index in [-0.39, 0.29) is 18.2 Å². The van der Waals surface area contributed by atoms with E-state index in [2.05, 4.69) is 5.16 Å². The Balaban J connectivity index is 1.52. The van der Waals surface area contributed by atoms with E-state index in [0.29, 0.717) is 12.4 Å². The number of hydrogen-bond acceptors (Lipinski definition) is 5. The standard InChI is InChI=1S/C22H22FNO4/c1-14-21(16(3)28-24-14)13-26-20-10-4-17(5-11-20)12-22(25)27-15(2)18-6-8-19(23)9-7-18/h4-11,15H,12-13H2,1-3H3/t15-/m0/s1. The van der Waals surface area contributed by atoms with Gasteiger partial charge in [0.25, 0.3) is 0 Å². The number of esters is 1. The van der Waals surface area contributed by atoms with Gasteiger partial charge in [0.1, 0.15) is 30.0 Å². The van der Waals surface area contributed by atoms with Crippen LogP contribution in [0.3, 0.4) is 0 Å². The van der Waals surface area contributed by atoms with E-state index in [1.807, 2.05) is 38.1 Å². The molecule has 0 spiro atoms. The second-order valence-electron chi connectivity index (χ2n) is 6.60. The van der Waals surface area contributed by atoms with E-state index in [4.69, 9.17) is 14.0 Å². The number of aromatic nitrogens is 1. The van der Waals surface area contributed by atoms with E-state index in [0.717, 1.165) is 28.1 Å². The third-order valence-electron chi connectivity index (χ3n) is 4.48. The predicted molar refractivity (Wildman–Crippen MR) is 101 cm³/mol. The second kappa shape index (κ2) is 8.69. The monoisotopic (exact) mass is 383 g/mol. The summed E-state index contributed by atoms with van der Waals surface area (Å²) in [6, 6.07) is 13.2. The third kappa shape index (κ3) is 4.97. The molecule has 0 amide bonds. The minimum atomic E-state index is -0.439. The molecule has 0 unspecified atom stereocenters. The summed E-state index contributed by atoms with van der Waals surface area (Å²) in [4.78, 5) is 12.2. The van der Waals surface area contributed by atoms with Crippen molar-refractivity contribution in [2.75, 3.05) is 0 Å². The van der Waals surface area contributed by atoms with Crippen LogP contribution >= 0.6 is 0 Å². The largest absolute Gasteiger partial charge is 0.489 e. The summed E-state index contributed by atoms with van der Waals surface area (Å²) in [6.07, 6.45) is -0.291. The molecule has 0 fully saturated rings. The zero-order chi connectivity index (χ0) is 20.1. The minimum Gasteiger partial charge on any atom is -0.489 e. The molecule has 0 aliphatic rings. The quantitative estimate of drug-likeness (QED) is 0.546. The van der Waals surface area contributed by atoms with Crippen molar-refractivity contribution in [3.63, 3.8) is 0 Å². The average Bonchev–Trinajstić information content (AvgIpc) is 2.99. The summed E-state index contributed by atoms with van der Waals surface area (Å²) in [5, 5.41) is 3.90. The molecule has 1 atom stereocenters. The molecule has 2 aromatic carbocycles. The lowest BCUT2D eigenvalue weighted by molar-refractivity contribution is -0.147. The van der Waals surface area contributed by atoms with Crippen LogP contribution in [0.1, 0.15) is 41.2 Å². The lowest BCUT2D eigenvalue weighted by atomic mass is 10.1. The molecule has 1 heterocycles. The number of ether oxygens (including phenoxy) is 2. The fraction of sp³-hybridized carbons (Fsp3) is 0.273. The van der Waals surface area contributed by atoms with Gasteiger partial charge < -0.3 is 14.0 Å². The Morgan fingerprint density at radius 3 is 2.39 bits per heavy atom. The molecule has 0 radical (unpaired) electrons. The van der Waals surface area contributed by atoms with Gasteiger partial charge in [-0.2, -0.15) is 0 Å². The van der Waals surface area contributed by atoms with Crippen molar-refractivity contribution < 1.29 is 23.2 Å². The van der Waals surface area contributed by atoms with Crippen LogP contribution in [-0.2, 0) is 22.6 Å². The van der Waals surface area contributed by atoms with Gasteiger partial charge in [-0.3, -0.25) is 4.79 Å². The van der Waals surface area contributed by atoms with E-state index in [9.17, 15) is 9.18 Å². The Morgan fingerprint density at radius 1 is 1.11 bits per heavy atom. The lowest BCUT2D eigenvalue weighted by Gasteiger charge is -2.14. The Kier molecular flexibility index (Phi) is 6.09. The normalized spacial score (nSPS) is 11.9. The Labute approximate surface area is 163 Å². The van der Waals surface area contributed by atoms with Gasteiger partial charge in [0.05, 0.1) is 17.7 Å². The maximum atomic E-state index is 13.0. The summed E-state index contributed by atoms with van der Waals surface area (Å²) in [6.45, 7) is 5.85. The zero-order valence-corrected chi connectivity index (χ0v) is 16.1. The molecule has 3 rings (SSSR count). The first-order chi connectivity index (χ1) is 13.4. The van der Waals surface area contributed by atoms with Crippen LogP contribution in [0.2, 0.25) is 0 Å². The van der Waals surface area contributed by atoms with Crippen molar-refractivity contribution >= 4 is 5.97 Å².